The van der Waals surface area contributed by atoms with Gasteiger partial charge in [0, 0.05) is 11.1 Å². The highest BCUT2D eigenvalue weighted by Gasteiger charge is 2.28. The van der Waals surface area contributed by atoms with Crippen LogP contribution in [0.4, 0.5) is 5.69 Å². The van der Waals surface area contributed by atoms with E-state index < -0.39 is 18.0 Å². The summed E-state index contributed by atoms with van der Waals surface area (Å²) in [6.07, 6.45) is 1.29. The molecule has 0 spiro atoms. The number of para-hydroxylation sites is 1. The molecule has 1 atom stereocenters. The average molecular weight is 428 g/mol. The molecule has 2 amide bonds. The normalized spacial score (nSPS) is 18.4. The highest BCUT2D eigenvalue weighted by atomic mass is 16.4. The van der Waals surface area contributed by atoms with Crippen LogP contribution in [0.25, 0.3) is 0 Å². The van der Waals surface area contributed by atoms with Crippen LogP contribution in [0.15, 0.2) is 76.1 Å². The summed E-state index contributed by atoms with van der Waals surface area (Å²) in [6.45, 7) is 2.77. The van der Waals surface area contributed by atoms with Gasteiger partial charge < -0.3 is 15.1 Å². The summed E-state index contributed by atoms with van der Waals surface area (Å²) < 4.78 is 5.75. The quantitative estimate of drug-likeness (QED) is 0.652. The number of fused-ring (bicyclic) bond motifs is 1. The van der Waals surface area contributed by atoms with Crippen molar-refractivity contribution in [1.29, 1.82) is 0 Å². The molecule has 0 saturated carbocycles. The van der Waals surface area contributed by atoms with Gasteiger partial charge in [-0.1, -0.05) is 48.5 Å². The molecule has 162 valence electrons. The van der Waals surface area contributed by atoms with Crippen LogP contribution in [-0.4, -0.2) is 41.7 Å². The van der Waals surface area contributed by atoms with Crippen LogP contribution in [0.2, 0.25) is 0 Å². The summed E-state index contributed by atoms with van der Waals surface area (Å²) in [7, 11) is 0. The van der Waals surface area contributed by atoms with E-state index >= 15 is 0 Å². The Morgan fingerprint density at radius 3 is 2.59 bits per heavy atom. The summed E-state index contributed by atoms with van der Waals surface area (Å²) in [5, 5.41) is 5.60. The van der Waals surface area contributed by atoms with Crippen LogP contribution in [0, 0.1) is 0 Å². The molecule has 1 fully saturated rings. The number of nitrogens with zero attached hydrogens (tertiary/aromatic N) is 2. The number of hydrogen-bond donors (Lipinski definition) is 2. The standard InChI is InChI=1S/C25H24N4O3/c30-24(21-13-12-18(32-21)16-29-14-6-7-15-29)28-23-25(31)26-20-11-5-4-10-19(20)22(27-23)17-8-2-1-3-9-17/h1-5,8-13,23H,6-7,14-16H2,(H,26,31)(H,28,30). The number of benzodiazepines with no additional fused rings is 1. The average Bonchev–Trinajstić information content (AvgIpc) is 3.48. The minimum Gasteiger partial charge on any atom is -0.455 e. The van der Waals surface area contributed by atoms with Gasteiger partial charge in [-0.25, -0.2) is 4.99 Å². The Balaban J connectivity index is 1.40. The third-order valence-corrected chi connectivity index (χ3v) is 5.73. The molecule has 0 radical (unpaired) electrons. The molecule has 32 heavy (non-hydrogen) atoms. The molecule has 2 aromatic carbocycles. The van der Waals surface area contributed by atoms with Crippen molar-refractivity contribution in [2.75, 3.05) is 18.4 Å². The van der Waals surface area contributed by atoms with Crippen LogP contribution in [0.5, 0.6) is 0 Å². The van der Waals surface area contributed by atoms with Crippen LogP contribution in [-0.2, 0) is 11.3 Å². The molecule has 2 N–H and O–H groups in total. The first-order valence-electron chi connectivity index (χ1n) is 10.8. The molecule has 0 aliphatic carbocycles. The van der Waals surface area contributed by atoms with Crippen molar-refractivity contribution >= 4 is 23.2 Å². The zero-order valence-electron chi connectivity index (χ0n) is 17.6. The maximum absolute atomic E-state index is 12.9. The molecule has 3 aromatic rings. The second-order valence-corrected chi connectivity index (χ2v) is 8.00. The monoisotopic (exact) mass is 428 g/mol. The van der Waals surface area contributed by atoms with Gasteiger partial charge in [-0.3, -0.25) is 14.5 Å². The number of aliphatic imine (C=N–C) groups is 1. The Morgan fingerprint density at radius 1 is 1.03 bits per heavy atom. The second-order valence-electron chi connectivity index (χ2n) is 8.00. The second kappa shape index (κ2) is 8.80. The Labute approximate surface area is 186 Å². The number of furan rings is 1. The number of carbonyl (C=O) groups is 2. The highest BCUT2D eigenvalue weighted by Crippen LogP contribution is 2.24. The van der Waals surface area contributed by atoms with E-state index in [0.717, 1.165) is 30.0 Å². The smallest absolute Gasteiger partial charge is 0.289 e. The topological polar surface area (TPSA) is 86.9 Å². The molecule has 1 unspecified atom stereocenters. The lowest BCUT2D eigenvalue weighted by atomic mass is 10.0. The summed E-state index contributed by atoms with van der Waals surface area (Å²) in [6, 6.07) is 20.6. The van der Waals surface area contributed by atoms with Gasteiger partial charge in [-0.15, -0.1) is 0 Å². The van der Waals surface area contributed by atoms with Crippen molar-refractivity contribution < 1.29 is 14.0 Å². The number of rotatable bonds is 5. The molecule has 5 rings (SSSR count). The van der Waals surface area contributed by atoms with Crippen molar-refractivity contribution in [3.63, 3.8) is 0 Å². The van der Waals surface area contributed by atoms with Gasteiger partial charge in [0.25, 0.3) is 11.8 Å². The first kappa shape index (κ1) is 20.2. The Morgan fingerprint density at radius 2 is 1.78 bits per heavy atom. The summed E-state index contributed by atoms with van der Waals surface area (Å²) in [5.41, 5.74) is 2.96. The lowest BCUT2D eigenvalue weighted by Gasteiger charge is -2.13. The molecular formula is C25H24N4O3. The van der Waals surface area contributed by atoms with Gasteiger partial charge >= 0.3 is 0 Å². The number of likely N-dealkylation sites (tertiary alicyclic amines) is 1. The number of benzene rings is 2. The molecule has 1 saturated heterocycles. The summed E-state index contributed by atoms with van der Waals surface area (Å²) in [4.78, 5) is 32.7. The minimum atomic E-state index is -1.09. The fraction of sp³-hybridized carbons (Fsp3) is 0.240. The van der Waals surface area contributed by atoms with Crippen LogP contribution in [0.3, 0.4) is 0 Å². The predicted molar refractivity (Wildman–Crippen MR) is 122 cm³/mol. The van der Waals surface area contributed by atoms with Crippen molar-refractivity contribution in [2.45, 2.75) is 25.6 Å². The molecule has 3 heterocycles. The third kappa shape index (κ3) is 4.20. The van der Waals surface area contributed by atoms with E-state index in [2.05, 4.69) is 20.5 Å². The fourth-order valence-corrected chi connectivity index (χ4v) is 4.12. The van der Waals surface area contributed by atoms with Crippen LogP contribution in [0.1, 0.15) is 40.3 Å². The number of hydrogen-bond acceptors (Lipinski definition) is 5. The van der Waals surface area contributed by atoms with Crippen LogP contribution < -0.4 is 10.6 Å². The molecule has 7 heteroatoms. The molecule has 0 bridgehead atoms. The maximum atomic E-state index is 12.9. The summed E-state index contributed by atoms with van der Waals surface area (Å²) in [5.74, 6) is 0.0361. The molecular weight excluding hydrogens is 404 g/mol. The van der Waals surface area contributed by atoms with Crippen molar-refractivity contribution in [2.24, 2.45) is 4.99 Å². The number of nitrogens with one attached hydrogen (secondary N) is 2. The molecule has 1 aromatic heterocycles. The predicted octanol–water partition coefficient (Wildman–Crippen LogP) is 3.42. The lowest BCUT2D eigenvalue weighted by molar-refractivity contribution is -0.117. The van der Waals surface area contributed by atoms with Gasteiger partial charge in [0.15, 0.2) is 5.76 Å². The van der Waals surface area contributed by atoms with Gasteiger partial charge in [0.05, 0.1) is 17.9 Å². The van der Waals surface area contributed by atoms with Gasteiger partial charge in [-0.05, 0) is 44.1 Å². The van der Waals surface area contributed by atoms with E-state index in [1.807, 2.05) is 60.7 Å². The molecule has 2 aliphatic rings. The van der Waals surface area contributed by atoms with Crippen molar-refractivity contribution in [3.8, 4) is 0 Å². The SMILES string of the molecule is O=C(NC1N=C(c2ccccc2)c2ccccc2NC1=O)c1ccc(CN2CCCC2)o1. The number of carbonyl (C=O) groups excluding carboxylic acids is 2. The van der Waals surface area contributed by atoms with E-state index in [0.29, 0.717) is 17.9 Å². The Kier molecular flexibility index (Phi) is 5.56. The number of amides is 2. The van der Waals surface area contributed by atoms with Gasteiger partial charge in [0.2, 0.25) is 6.17 Å². The maximum Gasteiger partial charge on any atom is 0.289 e. The third-order valence-electron chi connectivity index (χ3n) is 5.73. The minimum absolute atomic E-state index is 0.171. The van der Waals surface area contributed by atoms with E-state index in [1.165, 1.54) is 12.8 Å². The van der Waals surface area contributed by atoms with Crippen LogP contribution >= 0.6 is 0 Å². The first-order chi connectivity index (χ1) is 15.7. The Bertz CT molecular complexity index is 1160. The van der Waals surface area contributed by atoms with Gasteiger partial charge in [0.1, 0.15) is 5.76 Å². The van der Waals surface area contributed by atoms with E-state index in [1.54, 1.807) is 6.07 Å². The van der Waals surface area contributed by atoms with Crippen molar-refractivity contribution in [1.82, 2.24) is 10.2 Å². The number of anilines is 1. The van der Waals surface area contributed by atoms with E-state index in [9.17, 15) is 9.59 Å². The summed E-state index contributed by atoms with van der Waals surface area (Å²) >= 11 is 0. The zero-order chi connectivity index (χ0) is 21.9. The fourth-order valence-electron chi connectivity index (χ4n) is 4.12. The van der Waals surface area contributed by atoms with E-state index in [4.69, 9.17) is 4.42 Å². The van der Waals surface area contributed by atoms with Crippen molar-refractivity contribution in [3.05, 3.63) is 89.4 Å². The molecule has 7 nitrogen and oxygen atoms in total. The largest absolute Gasteiger partial charge is 0.455 e. The first-order valence-corrected chi connectivity index (χ1v) is 10.8. The lowest BCUT2D eigenvalue weighted by Crippen LogP contribution is -2.42. The highest BCUT2D eigenvalue weighted by molar-refractivity contribution is 6.20. The Hall–Kier alpha value is -3.71. The van der Waals surface area contributed by atoms with Gasteiger partial charge in [-0.2, -0.15) is 0 Å². The molecule has 2 aliphatic heterocycles. The zero-order valence-corrected chi connectivity index (χ0v) is 17.6. The van der Waals surface area contributed by atoms with E-state index in [-0.39, 0.29) is 5.76 Å².